The van der Waals surface area contributed by atoms with Crippen LogP contribution in [0.2, 0.25) is 0 Å². The van der Waals surface area contributed by atoms with Crippen LogP contribution in [0.1, 0.15) is 37.3 Å². The molecule has 24 heavy (non-hydrogen) atoms. The van der Waals surface area contributed by atoms with E-state index in [2.05, 4.69) is 48.6 Å². The molecule has 0 heterocycles. The Hall–Kier alpha value is -2.29. The number of aryl methyl sites for hydroxylation is 2. The SMILES string of the molecule is CCCc1ccc(OCC(=O)NCCCCc2ccccc2)cc1. The summed E-state index contributed by atoms with van der Waals surface area (Å²) in [5, 5.41) is 2.91. The molecule has 0 fully saturated rings. The predicted octanol–water partition coefficient (Wildman–Crippen LogP) is 4.16. The smallest absolute Gasteiger partial charge is 0.257 e. The molecule has 128 valence electrons. The van der Waals surface area contributed by atoms with Crippen molar-refractivity contribution in [3.8, 4) is 5.75 Å². The van der Waals surface area contributed by atoms with Crippen molar-refractivity contribution in [3.05, 3.63) is 65.7 Å². The highest BCUT2D eigenvalue weighted by Crippen LogP contribution is 2.13. The first-order valence-electron chi connectivity index (χ1n) is 8.80. The lowest BCUT2D eigenvalue weighted by molar-refractivity contribution is -0.123. The Bertz CT molecular complexity index is 593. The van der Waals surface area contributed by atoms with Crippen LogP contribution in [-0.2, 0) is 17.6 Å². The van der Waals surface area contributed by atoms with Gasteiger partial charge in [0.1, 0.15) is 5.75 Å². The van der Waals surface area contributed by atoms with Crippen molar-refractivity contribution in [1.82, 2.24) is 5.32 Å². The zero-order valence-electron chi connectivity index (χ0n) is 14.5. The Kier molecular flexibility index (Phi) is 7.88. The lowest BCUT2D eigenvalue weighted by atomic mass is 10.1. The van der Waals surface area contributed by atoms with Crippen LogP contribution in [0, 0.1) is 0 Å². The lowest BCUT2D eigenvalue weighted by Crippen LogP contribution is -2.29. The minimum atomic E-state index is -0.0626. The fraction of sp³-hybridized carbons (Fsp3) is 0.381. The fourth-order valence-corrected chi connectivity index (χ4v) is 2.57. The molecule has 0 spiro atoms. The highest BCUT2D eigenvalue weighted by molar-refractivity contribution is 5.77. The van der Waals surface area contributed by atoms with E-state index in [1.165, 1.54) is 11.1 Å². The van der Waals surface area contributed by atoms with E-state index >= 15 is 0 Å². The maximum atomic E-state index is 11.8. The molecule has 0 aliphatic heterocycles. The predicted molar refractivity (Wildman–Crippen MR) is 98.3 cm³/mol. The van der Waals surface area contributed by atoms with E-state index in [1.54, 1.807) is 0 Å². The molecular weight excluding hydrogens is 298 g/mol. The zero-order chi connectivity index (χ0) is 17.0. The molecule has 2 aromatic rings. The quantitative estimate of drug-likeness (QED) is 0.666. The van der Waals surface area contributed by atoms with Crippen molar-refractivity contribution in [2.24, 2.45) is 0 Å². The van der Waals surface area contributed by atoms with E-state index in [0.29, 0.717) is 6.54 Å². The van der Waals surface area contributed by atoms with Gasteiger partial charge in [-0.1, -0.05) is 55.8 Å². The largest absolute Gasteiger partial charge is 0.484 e. The summed E-state index contributed by atoms with van der Waals surface area (Å²) in [5.41, 5.74) is 2.64. The summed E-state index contributed by atoms with van der Waals surface area (Å²) >= 11 is 0. The number of rotatable bonds is 10. The van der Waals surface area contributed by atoms with E-state index < -0.39 is 0 Å². The average molecular weight is 325 g/mol. The highest BCUT2D eigenvalue weighted by Gasteiger charge is 2.02. The van der Waals surface area contributed by atoms with E-state index in [4.69, 9.17) is 4.74 Å². The highest BCUT2D eigenvalue weighted by atomic mass is 16.5. The van der Waals surface area contributed by atoms with Crippen molar-refractivity contribution < 1.29 is 9.53 Å². The second kappa shape index (κ2) is 10.5. The number of carbonyl (C=O) groups excluding carboxylic acids is 1. The van der Waals surface area contributed by atoms with Crippen LogP contribution in [0.3, 0.4) is 0 Å². The molecule has 0 aliphatic rings. The second-order valence-electron chi connectivity index (χ2n) is 5.98. The minimum Gasteiger partial charge on any atom is -0.484 e. The summed E-state index contributed by atoms with van der Waals surface area (Å²) in [6.45, 7) is 2.94. The number of ether oxygens (including phenoxy) is 1. The third kappa shape index (κ3) is 6.86. The van der Waals surface area contributed by atoms with Gasteiger partial charge in [-0.15, -0.1) is 0 Å². The molecule has 1 amide bonds. The Labute approximate surface area is 145 Å². The molecule has 0 saturated carbocycles. The van der Waals surface area contributed by atoms with Crippen molar-refractivity contribution in [2.45, 2.75) is 39.0 Å². The first kappa shape index (κ1) is 18.1. The van der Waals surface area contributed by atoms with Gasteiger partial charge in [0.2, 0.25) is 0 Å². The third-order valence-electron chi connectivity index (χ3n) is 3.89. The fourth-order valence-electron chi connectivity index (χ4n) is 2.57. The number of unbranched alkanes of at least 4 members (excludes halogenated alkanes) is 1. The van der Waals surface area contributed by atoms with Gasteiger partial charge in [-0.2, -0.15) is 0 Å². The van der Waals surface area contributed by atoms with Gasteiger partial charge < -0.3 is 10.1 Å². The minimum absolute atomic E-state index is 0.0626. The van der Waals surface area contributed by atoms with Gasteiger partial charge in [0.15, 0.2) is 6.61 Å². The standard InChI is InChI=1S/C21H27NO2/c1-2-8-18-12-14-20(15-13-18)24-17-21(23)22-16-7-6-11-19-9-4-3-5-10-19/h3-5,9-10,12-15H,2,6-8,11,16-17H2,1H3,(H,22,23). The number of benzene rings is 2. The molecule has 0 unspecified atom stereocenters. The number of nitrogens with one attached hydrogen (secondary N) is 1. The van der Waals surface area contributed by atoms with E-state index in [-0.39, 0.29) is 12.5 Å². The monoisotopic (exact) mass is 325 g/mol. The van der Waals surface area contributed by atoms with Crippen molar-refractivity contribution in [1.29, 1.82) is 0 Å². The van der Waals surface area contributed by atoms with Crippen LogP contribution >= 0.6 is 0 Å². The molecule has 3 heteroatoms. The van der Waals surface area contributed by atoms with Gasteiger partial charge in [-0.05, 0) is 48.9 Å². The van der Waals surface area contributed by atoms with Gasteiger partial charge >= 0.3 is 0 Å². The van der Waals surface area contributed by atoms with Crippen LogP contribution in [-0.4, -0.2) is 19.1 Å². The van der Waals surface area contributed by atoms with Crippen LogP contribution in [0.15, 0.2) is 54.6 Å². The Morgan fingerprint density at radius 1 is 0.917 bits per heavy atom. The molecule has 3 nitrogen and oxygen atoms in total. The maximum absolute atomic E-state index is 11.8. The molecule has 2 rings (SSSR count). The van der Waals surface area contributed by atoms with E-state index in [1.807, 2.05) is 18.2 Å². The number of hydrogen-bond donors (Lipinski definition) is 1. The van der Waals surface area contributed by atoms with Crippen LogP contribution in [0.25, 0.3) is 0 Å². The first-order valence-corrected chi connectivity index (χ1v) is 8.80. The number of amides is 1. The molecule has 0 aliphatic carbocycles. The van der Waals surface area contributed by atoms with Gasteiger partial charge in [0.25, 0.3) is 5.91 Å². The molecular formula is C21H27NO2. The topological polar surface area (TPSA) is 38.3 Å². The Balaban J connectivity index is 1.56. The van der Waals surface area contributed by atoms with E-state index in [0.717, 1.165) is 37.9 Å². The maximum Gasteiger partial charge on any atom is 0.257 e. The molecule has 0 aromatic heterocycles. The summed E-state index contributed by atoms with van der Waals surface area (Å²) in [5.74, 6) is 0.682. The van der Waals surface area contributed by atoms with E-state index in [9.17, 15) is 4.79 Å². The normalized spacial score (nSPS) is 10.4. The number of carbonyl (C=O) groups is 1. The van der Waals surface area contributed by atoms with Gasteiger partial charge in [0, 0.05) is 6.54 Å². The molecule has 0 saturated heterocycles. The van der Waals surface area contributed by atoms with Crippen LogP contribution in [0.5, 0.6) is 5.75 Å². The summed E-state index contributed by atoms with van der Waals surface area (Å²) in [7, 11) is 0. The molecule has 1 N–H and O–H groups in total. The van der Waals surface area contributed by atoms with Gasteiger partial charge in [0.05, 0.1) is 0 Å². The summed E-state index contributed by atoms with van der Waals surface area (Å²) in [4.78, 5) is 11.8. The summed E-state index contributed by atoms with van der Waals surface area (Å²) in [6.07, 6.45) is 5.31. The zero-order valence-corrected chi connectivity index (χ0v) is 14.5. The Morgan fingerprint density at radius 2 is 1.62 bits per heavy atom. The third-order valence-corrected chi connectivity index (χ3v) is 3.89. The van der Waals surface area contributed by atoms with Crippen LogP contribution in [0.4, 0.5) is 0 Å². The lowest BCUT2D eigenvalue weighted by Gasteiger charge is -2.08. The average Bonchev–Trinajstić information content (AvgIpc) is 2.62. The molecule has 0 atom stereocenters. The summed E-state index contributed by atoms with van der Waals surface area (Å²) in [6, 6.07) is 18.4. The van der Waals surface area contributed by atoms with Crippen LogP contribution < -0.4 is 10.1 Å². The summed E-state index contributed by atoms with van der Waals surface area (Å²) < 4.78 is 5.52. The Morgan fingerprint density at radius 3 is 2.33 bits per heavy atom. The van der Waals surface area contributed by atoms with Crippen molar-refractivity contribution in [2.75, 3.05) is 13.2 Å². The molecule has 2 aromatic carbocycles. The van der Waals surface area contributed by atoms with Crippen molar-refractivity contribution in [3.63, 3.8) is 0 Å². The van der Waals surface area contributed by atoms with Crippen molar-refractivity contribution >= 4 is 5.91 Å². The molecule has 0 radical (unpaired) electrons. The number of hydrogen-bond acceptors (Lipinski definition) is 2. The molecule has 0 bridgehead atoms. The second-order valence-corrected chi connectivity index (χ2v) is 5.98. The van der Waals surface area contributed by atoms with Gasteiger partial charge in [-0.3, -0.25) is 4.79 Å². The first-order chi connectivity index (χ1) is 11.8. The van der Waals surface area contributed by atoms with Gasteiger partial charge in [-0.25, -0.2) is 0 Å².